The number of aryl methyl sites for hydroxylation is 1. The van der Waals surface area contributed by atoms with Crippen LogP contribution in [0.4, 0.5) is 0 Å². The summed E-state index contributed by atoms with van der Waals surface area (Å²) in [7, 11) is 0. The molecule has 1 aromatic rings. The summed E-state index contributed by atoms with van der Waals surface area (Å²) >= 11 is 0. The number of aromatic nitrogens is 2. The second-order valence-corrected chi connectivity index (χ2v) is 3.18. The summed E-state index contributed by atoms with van der Waals surface area (Å²) in [5.74, 6) is 1.31. The molecule has 0 unspecified atom stereocenters. The monoisotopic (exact) mass is 154 g/mol. The summed E-state index contributed by atoms with van der Waals surface area (Å²) < 4.78 is 10.4. The van der Waals surface area contributed by atoms with Crippen molar-refractivity contribution in [2.24, 2.45) is 0 Å². The van der Waals surface area contributed by atoms with Gasteiger partial charge in [-0.1, -0.05) is 0 Å². The van der Waals surface area contributed by atoms with Gasteiger partial charge in [0.05, 0.1) is 18.6 Å². The van der Waals surface area contributed by atoms with Gasteiger partial charge in [0.1, 0.15) is 0 Å². The highest BCUT2D eigenvalue weighted by Crippen LogP contribution is 2.30. The first-order chi connectivity index (χ1) is 5.21. The molecule has 1 aliphatic heterocycles. The molecule has 2 heterocycles. The van der Waals surface area contributed by atoms with E-state index in [9.17, 15) is 0 Å². The van der Waals surface area contributed by atoms with E-state index in [1.165, 1.54) is 0 Å². The van der Waals surface area contributed by atoms with Gasteiger partial charge < -0.3 is 9.15 Å². The van der Waals surface area contributed by atoms with Gasteiger partial charge in [0.2, 0.25) is 11.8 Å². The van der Waals surface area contributed by atoms with E-state index in [0.717, 1.165) is 0 Å². The fourth-order valence-corrected chi connectivity index (χ4v) is 1.07. The van der Waals surface area contributed by atoms with Crippen LogP contribution in [0.25, 0.3) is 0 Å². The van der Waals surface area contributed by atoms with Crippen LogP contribution in [0.2, 0.25) is 0 Å². The Bertz CT molecular complexity index is 265. The van der Waals surface area contributed by atoms with Crippen molar-refractivity contribution in [2.75, 3.05) is 13.2 Å². The Morgan fingerprint density at radius 3 is 2.45 bits per heavy atom. The van der Waals surface area contributed by atoms with E-state index in [1.54, 1.807) is 6.92 Å². The van der Waals surface area contributed by atoms with Crippen LogP contribution in [0.3, 0.4) is 0 Å². The summed E-state index contributed by atoms with van der Waals surface area (Å²) in [6, 6.07) is 0. The number of hydrogen-bond acceptors (Lipinski definition) is 4. The van der Waals surface area contributed by atoms with Gasteiger partial charge in [-0.2, -0.15) is 0 Å². The molecule has 2 rings (SSSR count). The Balaban J connectivity index is 2.28. The van der Waals surface area contributed by atoms with E-state index < -0.39 is 0 Å². The molecule has 0 atom stereocenters. The van der Waals surface area contributed by atoms with Crippen molar-refractivity contribution in [1.29, 1.82) is 0 Å². The Morgan fingerprint density at radius 2 is 2.09 bits per heavy atom. The third-order valence-electron chi connectivity index (χ3n) is 1.88. The molecule has 4 heteroatoms. The fourth-order valence-electron chi connectivity index (χ4n) is 1.07. The maximum Gasteiger partial charge on any atom is 0.227 e. The summed E-state index contributed by atoms with van der Waals surface area (Å²) in [4.78, 5) is 0. The van der Waals surface area contributed by atoms with Crippen LogP contribution in [0.1, 0.15) is 18.7 Å². The van der Waals surface area contributed by atoms with Gasteiger partial charge in [-0.3, -0.25) is 0 Å². The van der Waals surface area contributed by atoms with E-state index in [0.29, 0.717) is 25.0 Å². The molecule has 0 bridgehead atoms. The smallest absolute Gasteiger partial charge is 0.227 e. The van der Waals surface area contributed by atoms with Crippen LogP contribution in [0.5, 0.6) is 0 Å². The normalized spacial score (nSPS) is 21.3. The van der Waals surface area contributed by atoms with Crippen molar-refractivity contribution in [3.63, 3.8) is 0 Å². The first kappa shape index (κ1) is 6.79. The zero-order valence-corrected chi connectivity index (χ0v) is 6.63. The summed E-state index contributed by atoms with van der Waals surface area (Å²) in [5, 5.41) is 7.71. The highest BCUT2D eigenvalue weighted by molar-refractivity contribution is 5.05. The molecule has 0 aromatic carbocycles. The van der Waals surface area contributed by atoms with E-state index in [4.69, 9.17) is 9.15 Å². The van der Waals surface area contributed by atoms with Crippen molar-refractivity contribution in [3.8, 4) is 0 Å². The molecular weight excluding hydrogens is 144 g/mol. The van der Waals surface area contributed by atoms with Crippen LogP contribution in [0.15, 0.2) is 4.42 Å². The lowest BCUT2D eigenvalue weighted by molar-refractivity contribution is -0.0627. The van der Waals surface area contributed by atoms with E-state index in [2.05, 4.69) is 17.1 Å². The molecule has 1 saturated heterocycles. The molecule has 0 radical (unpaired) electrons. The van der Waals surface area contributed by atoms with Gasteiger partial charge in [0.25, 0.3) is 0 Å². The van der Waals surface area contributed by atoms with Gasteiger partial charge >= 0.3 is 0 Å². The van der Waals surface area contributed by atoms with Gasteiger partial charge in [-0.25, -0.2) is 0 Å². The predicted octanol–water partition coefficient (Wildman–Crippen LogP) is 0.666. The Labute approximate surface area is 64.6 Å². The molecule has 0 aliphatic carbocycles. The van der Waals surface area contributed by atoms with Crippen molar-refractivity contribution in [3.05, 3.63) is 11.8 Å². The predicted molar refractivity (Wildman–Crippen MR) is 37.2 cm³/mol. The molecular formula is C7H10N2O2. The molecule has 11 heavy (non-hydrogen) atoms. The van der Waals surface area contributed by atoms with Crippen molar-refractivity contribution in [2.45, 2.75) is 19.3 Å². The van der Waals surface area contributed by atoms with Gasteiger partial charge in [-0.15, -0.1) is 10.2 Å². The minimum absolute atomic E-state index is 0.0265. The average Bonchev–Trinajstić information content (AvgIpc) is 2.31. The lowest BCUT2D eigenvalue weighted by Gasteiger charge is -2.34. The topological polar surface area (TPSA) is 48.2 Å². The fraction of sp³-hybridized carbons (Fsp3) is 0.714. The highest BCUT2D eigenvalue weighted by Gasteiger charge is 2.40. The summed E-state index contributed by atoms with van der Waals surface area (Å²) in [5.41, 5.74) is -0.0265. The molecule has 0 N–H and O–H groups in total. The molecule has 60 valence electrons. The van der Waals surface area contributed by atoms with Crippen LogP contribution in [-0.4, -0.2) is 23.4 Å². The number of rotatable bonds is 1. The highest BCUT2D eigenvalue weighted by atomic mass is 16.5. The lowest BCUT2D eigenvalue weighted by atomic mass is 9.89. The first-order valence-electron chi connectivity index (χ1n) is 3.59. The minimum atomic E-state index is -0.0265. The van der Waals surface area contributed by atoms with Gasteiger partial charge in [-0.05, 0) is 6.92 Å². The maximum absolute atomic E-state index is 5.29. The largest absolute Gasteiger partial charge is 0.425 e. The Kier molecular flexibility index (Phi) is 1.26. The molecule has 1 aromatic heterocycles. The summed E-state index contributed by atoms with van der Waals surface area (Å²) in [6.45, 7) is 5.23. The van der Waals surface area contributed by atoms with E-state index in [-0.39, 0.29) is 5.41 Å². The van der Waals surface area contributed by atoms with Crippen molar-refractivity contribution in [1.82, 2.24) is 10.2 Å². The van der Waals surface area contributed by atoms with Crippen LogP contribution in [0, 0.1) is 6.92 Å². The van der Waals surface area contributed by atoms with E-state index >= 15 is 0 Å². The van der Waals surface area contributed by atoms with Crippen LogP contribution in [-0.2, 0) is 10.2 Å². The van der Waals surface area contributed by atoms with Crippen molar-refractivity contribution >= 4 is 0 Å². The third kappa shape index (κ3) is 0.939. The first-order valence-corrected chi connectivity index (χ1v) is 3.59. The standard InChI is InChI=1S/C7H10N2O2/c1-5-8-9-6(11-5)7(2)3-10-4-7/h3-4H2,1-2H3. The molecule has 1 fully saturated rings. The minimum Gasteiger partial charge on any atom is -0.425 e. The quantitative estimate of drug-likeness (QED) is 0.596. The second-order valence-electron chi connectivity index (χ2n) is 3.18. The van der Waals surface area contributed by atoms with Crippen molar-refractivity contribution < 1.29 is 9.15 Å². The van der Waals surface area contributed by atoms with Crippen LogP contribution < -0.4 is 0 Å². The molecule has 1 aliphatic rings. The van der Waals surface area contributed by atoms with Gasteiger partial charge in [0.15, 0.2) is 0 Å². The lowest BCUT2D eigenvalue weighted by Crippen LogP contribution is -2.44. The summed E-state index contributed by atoms with van der Waals surface area (Å²) in [6.07, 6.45) is 0. The number of ether oxygens (including phenoxy) is 1. The third-order valence-corrected chi connectivity index (χ3v) is 1.88. The maximum atomic E-state index is 5.29. The number of nitrogens with zero attached hydrogens (tertiary/aromatic N) is 2. The van der Waals surface area contributed by atoms with Gasteiger partial charge in [0, 0.05) is 6.92 Å². The SMILES string of the molecule is Cc1nnc(C2(C)COC2)o1. The Hall–Kier alpha value is -0.900. The average molecular weight is 154 g/mol. The zero-order chi connectivity index (χ0) is 7.90. The molecule has 4 nitrogen and oxygen atoms in total. The second kappa shape index (κ2) is 2.04. The van der Waals surface area contributed by atoms with Crippen LogP contribution >= 0.6 is 0 Å². The zero-order valence-electron chi connectivity index (χ0n) is 6.63. The molecule has 0 spiro atoms. The molecule has 0 saturated carbocycles. The Morgan fingerprint density at radius 1 is 1.36 bits per heavy atom. The molecule has 0 amide bonds. The number of hydrogen-bond donors (Lipinski definition) is 0. The van der Waals surface area contributed by atoms with E-state index in [1.807, 2.05) is 0 Å².